The second-order valence-corrected chi connectivity index (χ2v) is 6.64. The molecule has 0 unspecified atom stereocenters. The van der Waals surface area contributed by atoms with Gasteiger partial charge in [-0.2, -0.15) is 0 Å². The van der Waals surface area contributed by atoms with Crippen LogP contribution in [0.25, 0.3) is 21.9 Å². The summed E-state index contributed by atoms with van der Waals surface area (Å²) in [6.45, 7) is 1.86. The Morgan fingerprint density at radius 1 is 1.08 bits per heavy atom. The van der Waals surface area contributed by atoms with E-state index in [2.05, 4.69) is 28.2 Å². The van der Waals surface area contributed by atoms with E-state index in [1.165, 1.54) is 5.39 Å². The highest BCUT2D eigenvalue weighted by Crippen LogP contribution is 2.27. The number of nitrogens with zero attached hydrogens (tertiary/aromatic N) is 3. The number of aromatic amines is 1. The molecule has 1 amide bonds. The van der Waals surface area contributed by atoms with Crippen molar-refractivity contribution < 1.29 is 4.79 Å². The highest BCUT2D eigenvalue weighted by Gasteiger charge is 2.33. The van der Waals surface area contributed by atoms with Crippen molar-refractivity contribution in [3.05, 3.63) is 66.6 Å². The molecule has 124 valence electrons. The van der Waals surface area contributed by atoms with Crippen LogP contribution in [0.15, 0.2) is 60.8 Å². The Kier molecular flexibility index (Phi) is 3.13. The molecule has 25 heavy (non-hydrogen) atoms. The molecule has 1 saturated heterocycles. The first-order valence-electron chi connectivity index (χ1n) is 8.54. The van der Waals surface area contributed by atoms with E-state index in [0.717, 1.165) is 35.5 Å². The van der Waals surface area contributed by atoms with Crippen molar-refractivity contribution in [2.24, 2.45) is 0 Å². The lowest BCUT2D eigenvalue weighted by atomic mass is 9.99. The van der Waals surface area contributed by atoms with Crippen LogP contribution in [0.2, 0.25) is 0 Å². The molecule has 0 bridgehead atoms. The second-order valence-electron chi connectivity index (χ2n) is 6.64. The Balaban J connectivity index is 1.27. The molecule has 1 aliphatic heterocycles. The number of benzene rings is 2. The van der Waals surface area contributed by atoms with E-state index in [1.807, 2.05) is 52.1 Å². The minimum atomic E-state index is 0.161. The summed E-state index contributed by atoms with van der Waals surface area (Å²) in [5.74, 6) is 1.45. The zero-order valence-electron chi connectivity index (χ0n) is 13.7. The molecule has 5 heteroatoms. The molecule has 4 aromatic rings. The lowest BCUT2D eigenvalue weighted by Gasteiger charge is -2.38. The number of hydrogen-bond acceptors (Lipinski definition) is 2. The molecular weight excluding hydrogens is 312 g/mol. The molecule has 3 heterocycles. The van der Waals surface area contributed by atoms with Crippen LogP contribution in [-0.2, 0) is 11.3 Å². The molecule has 2 aromatic carbocycles. The third-order valence-electron chi connectivity index (χ3n) is 5.01. The Hall–Kier alpha value is -3.08. The van der Waals surface area contributed by atoms with Crippen molar-refractivity contribution in [1.29, 1.82) is 0 Å². The van der Waals surface area contributed by atoms with E-state index in [4.69, 9.17) is 0 Å². The van der Waals surface area contributed by atoms with E-state index in [9.17, 15) is 4.79 Å². The normalized spacial score (nSPS) is 15.0. The second kappa shape index (κ2) is 5.48. The van der Waals surface area contributed by atoms with E-state index in [-0.39, 0.29) is 5.91 Å². The molecular formula is C20H18N4O. The fraction of sp³-hybridized carbons (Fsp3) is 0.200. The predicted octanol–water partition coefficient (Wildman–Crippen LogP) is 3.14. The smallest absolute Gasteiger partial charge is 0.242 e. The minimum absolute atomic E-state index is 0.161. The monoisotopic (exact) mass is 330 g/mol. The SMILES string of the molecule is O=C(Cn1ccc2ccccc21)N1CC(c2nc3ccccc3[nH]2)C1. The van der Waals surface area contributed by atoms with Crippen LogP contribution in [0, 0.1) is 0 Å². The molecule has 5 nitrogen and oxygen atoms in total. The lowest BCUT2D eigenvalue weighted by molar-refractivity contribution is -0.136. The molecule has 1 aliphatic rings. The van der Waals surface area contributed by atoms with Crippen molar-refractivity contribution in [2.45, 2.75) is 12.5 Å². The maximum atomic E-state index is 12.6. The topological polar surface area (TPSA) is 53.9 Å². The number of amides is 1. The summed E-state index contributed by atoms with van der Waals surface area (Å²) in [6, 6.07) is 18.2. The summed E-state index contributed by atoms with van der Waals surface area (Å²) < 4.78 is 2.02. The van der Waals surface area contributed by atoms with E-state index >= 15 is 0 Å². The Bertz CT molecular complexity index is 1040. The lowest BCUT2D eigenvalue weighted by Crippen LogP contribution is -2.49. The maximum Gasteiger partial charge on any atom is 0.242 e. The van der Waals surface area contributed by atoms with Gasteiger partial charge in [-0.1, -0.05) is 30.3 Å². The van der Waals surface area contributed by atoms with Crippen LogP contribution in [0.1, 0.15) is 11.7 Å². The van der Waals surface area contributed by atoms with Crippen LogP contribution in [0.4, 0.5) is 0 Å². The van der Waals surface area contributed by atoms with Gasteiger partial charge in [-0.05, 0) is 29.7 Å². The number of likely N-dealkylation sites (tertiary alicyclic amines) is 1. The molecule has 0 aliphatic carbocycles. The zero-order chi connectivity index (χ0) is 16.8. The molecule has 0 atom stereocenters. The van der Waals surface area contributed by atoms with Crippen molar-refractivity contribution in [1.82, 2.24) is 19.4 Å². The van der Waals surface area contributed by atoms with Crippen LogP contribution in [0.5, 0.6) is 0 Å². The number of carbonyl (C=O) groups excluding carboxylic acids is 1. The number of aromatic nitrogens is 3. The minimum Gasteiger partial charge on any atom is -0.342 e. The van der Waals surface area contributed by atoms with Crippen LogP contribution in [-0.4, -0.2) is 38.4 Å². The molecule has 0 spiro atoms. The average Bonchev–Trinajstić information content (AvgIpc) is 3.18. The van der Waals surface area contributed by atoms with Crippen LogP contribution in [0.3, 0.4) is 0 Å². The standard InChI is InChI=1S/C20H18N4O/c25-19(13-23-10-9-14-5-1-4-8-18(14)23)24-11-15(12-24)20-21-16-6-2-3-7-17(16)22-20/h1-10,15H,11-13H2,(H,21,22). The fourth-order valence-electron chi connectivity index (χ4n) is 3.55. The largest absolute Gasteiger partial charge is 0.342 e. The number of carbonyl (C=O) groups is 1. The molecule has 0 saturated carbocycles. The van der Waals surface area contributed by atoms with Crippen molar-refractivity contribution in [2.75, 3.05) is 13.1 Å². The van der Waals surface area contributed by atoms with Gasteiger partial charge in [-0.15, -0.1) is 0 Å². The van der Waals surface area contributed by atoms with Gasteiger partial charge in [0.2, 0.25) is 5.91 Å². The average molecular weight is 330 g/mol. The highest BCUT2D eigenvalue weighted by molar-refractivity contribution is 5.83. The van der Waals surface area contributed by atoms with Crippen molar-refractivity contribution >= 4 is 27.8 Å². The predicted molar refractivity (Wildman–Crippen MR) is 97.4 cm³/mol. The van der Waals surface area contributed by atoms with Crippen LogP contribution >= 0.6 is 0 Å². The molecule has 1 fully saturated rings. The summed E-state index contributed by atoms with van der Waals surface area (Å²) in [6.07, 6.45) is 1.99. The number of imidazole rings is 1. The zero-order valence-corrected chi connectivity index (χ0v) is 13.7. The summed E-state index contributed by atoms with van der Waals surface area (Å²) in [4.78, 5) is 22.5. The Morgan fingerprint density at radius 2 is 1.88 bits per heavy atom. The van der Waals surface area contributed by atoms with Gasteiger partial charge in [0.25, 0.3) is 0 Å². The highest BCUT2D eigenvalue weighted by atomic mass is 16.2. The van der Waals surface area contributed by atoms with Gasteiger partial charge in [-0.3, -0.25) is 4.79 Å². The number of nitrogens with one attached hydrogen (secondary N) is 1. The van der Waals surface area contributed by atoms with Gasteiger partial charge in [0.15, 0.2) is 0 Å². The first kappa shape index (κ1) is 14.3. The molecule has 5 rings (SSSR count). The van der Waals surface area contributed by atoms with E-state index in [1.54, 1.807) is 0 Å². The number of para-hydroxylation sites is 3. The molecule has 1 N–H and O–H groups in total. The summed E-state index contributed by atoms with van der Waals surface area (Å²) in [7, 11) is 0. The summed E-state index contributed by atoms with van der Waals surface area (Å²) >= 11 is 0. The number of hydrogen-bond donors (Lipinski definition) is 1. The van der Waals surface area contributed by atoms with Gasteiger partial charge >= 0.3 is 0 Å². The van der Waals surface area contributed by atoms with Crippen molar-refractivity contribution in [3.63, 3.8) is 0 Å². The summed E-state index contributed by atoms with van der Waals surface area (Å²) in [5, 5.41) is 1.17. The van der Waals surface area contributed by atoms with Gasteiger partial charge < -0.3 is 14.5 Å². The van der Waals surface area contributed by atoms with Gasteiger partial charge in [0, 0.05) is 24.8 Å². The fourth-order valence-corrected chi connectivity index (χ4v) is 3.55. The maximum absolute atomic E-state index is 12.6. The first-order chi connectivity index (χ1) is 12.3. The van der Waals surface area contributed by atoms with Crippen LogP contribution < -0.4 is 0 Å². The quantitative estimate of drug-likeness (QED) is 0.627. The third-order valence-corrected chi connectivity index (χ3v) is 5.01. The molecule has 2 aromatic heterocycles. The Labute approximate surface area is 144 Å². The van der Waals surface area contributed by atoms with E-state index < -0.39 is 0 Å². The van der Waals surface area contributed by atoms with E-state index in [0.29, 0.717) is 12.5 Å². The molecule has 0 radical (unpaired) electrons. The van der Waals surface area contributed by atoms with Crippen molar-refractivity contribution in [3.8, 4) is 0 Å². The first-order valence-corrected chi connectivity index (χ1v) is 8.54. The summed E-state index contributed by atoms with van der Waals surface area (Å²) in [5.41, 5.74) is 3.15. The number of fused-ring (bicyclic) bond motifs is 2. The third kappa shape index (κ3) is 2.39. The number of rotatable bonds is 3. The van der Waals surface area contributed by atoms with Gasteiger partial charge in [0.05, 0.1) is 17.0 Å². The van der Waals surface area contributed by atoms with Gasteiger partial charge in [0.1, 0.15) is 12.4 Å². The number of H-pyrrole nitrogens is 1. The Morgan fingerprint density at radius 3 is 2.76 bits per heavy atom. The van der Waals surface area contributed by atoms with Gasteiger partial charge in [-0.25, -0.2) is 4.98 Å².